The highest BCUT2D eigenvalue weighted by Crippen LogP contribution is 2.22. The summed E-state index contributed by atoms with van der Waals surface area (Å²) in [5.74, 6) is -0.0582. The van der Waals surface area contributed by atoms with Crippen LogP contribution in [0.3, 0.4) is 0 Å². The van der Waals surface area contributed by atoms with Gasteiger partial charge in [0, 0.05) is 34.8 Å². The van der Waals surface area contributed by atoms with Crippen LogP contribution < -0.4 is 10.9 Å². The number of carbonyl (C=O) groups excluding carboxylic acids is 1. The van der Waals surface area contributed by atoms with Crippen LogP contribution in [0.15, 0.2) is 57.8 Å². The van der Waals surface area contributed by atoms with E-state index in [0.29, 0.717) is 19.4 Å². The third-order valence-electron chi connectivity index (χ3n) is 4.72. The molecule has 0 fully saturated rings. The lowest BCUT2D eigenvalue weighted by Crippen LogP contribution is -2.23. The van der Waals surface area contributed by atoms with Gasteiger partial charge >= 0.3 is 0 Å². The number of carbonyl (C=O) groups is 1. The van der Waals surface area contributed by atoms with Crippen molar-refractivity contribution in [2.45, 2.75) is 40.2 Å². The van der Waals surface area contributed by atoms with Crippen LogP contribution in [0.25, 0.3) is 11.3 Å². The monoisotopic (exact) mass is 453 g/mol. The van der Waals surface area contributed by atoms with Gasteiger partial charge in [-0.25, -0.2) is 4.68 Å². The van der Waals surface area contributed by atoms with Gasteiger partial charge in [-0.2, -0.15) is 5.10 Å². The zero-order valence-electron chi connectivity index (χ0n) is 16.8. The molecule has 0 spiro atoms. The van der Waals surface area contributed by atoms with E-state index >= 15 is 0 Å². The molecule has 150 valence electrons. The normalized spacial score (nSPS) is 10.8. The summed E-state index contributed by atoms with van der Waals surface area (Å²) in [6.45, 7) is 6.42. The van der Waals surface area contributed by atoms with E-state index in [4.69, 9.17) is 0 Å². The largest absolute Gasteiger partial charge is 0.326 e. The second-order valence-corrected chi connectivity index (χ2v) is 8.13. The molecule has 1 heterocycles. The fourth-order valence-electron chi connectivity index (χ4n) is 3.35. The number of rotatable bonds is 6. The molecule has 5 nitrogen and oxygen atoms in total. The van der Waals surface area contributed by atoms with E-state index in [9.17, 15) is 9.59 Å². The van der Waals surface area contributed by atoms with Gasteiger partial charge in [-0.1, -0.05) is 45.8 Å². The van der Waals surface area contributed by atoms with Gasteiger partial charge in [0.25, 0.3) is 5.56 Å². The molecular weight excluding hydrogens is 430 g/mol. The Morgan fingerprint density at radius 2 is 1.69 bits per heavy atom. The van der Waals surface area contributed by atoms with Crippen molar-refractivity contribution in [3.63, 3.8) is 0 Å². The summed E-state index contributed by atoms with van der Waals surface area (Å²) in [7, 11) is 0. The smallest absolute Gasteiger partial charge is 0.266 e. The van der Waals surface area contributed by atoms with Gasteiger partial charge in [-0.3, -0.25) is 9.59 Å². The molecule has 3 rings (SSSR count). The Kier molecular flexibility index (Phi) is 6.64. The van der Waals surface area contributed by atoms with Crippen molar-refractivity contribution in [1.82, 2.24) is 9.78 Å². The molecule has 0 bridgehead atoms. The second kappa shape index (κ2) is 9.18. The van der Waals surface area contributed by atoms with Crippen molar-refractivity contribution in [2.75, 3.05) is 5.32 Å². The SMILES string of the molecule is Cc1cc(C)c(NC(=O)CCCn2nc(-c3ccc(Br)cc3)ccc2=O)c(C)c1. The molecule has 1 N–H and O–H groups in total. The molecule has 0 radical (unpaired) electrons. The first-order valence-corrected chi connectivity index (χ1v) is 10.3. The van der Waals surface area contributed by atoms with Crippen LogP contribution in [0.1, 0.15) is 29.5 Å². The van der Waals surface area contributed by atoms with Crippen molar-refractivity contribution >= 4 is 27.5 Å². The third-order valence-corrected chi connectivity index (χ3v) is 5.25. The molecule has 3 aromatic rings. The van der Waals surface area contributed by atoms with Crippen molar-refractivity contribution < 1.29 is 4.79 Å². The molecule has 1 aromatic heterocycles. The molecule has 29 heavy (non-hydrogen) atoms. The summed E-state index contributed by atoms with van der Waals surface area (Å²) in [6.07, 6.45) is 0.857. The first-order chi connectivity index (χ1) is 13.8. The average Bonchev–Trinajstić information content (AvgIpc) is 2.67. The van der Waals surface area contributed by atoms with E-state index in [1.165, 1.54) is 16.3 Å². The second-order valence-electron chi connectivity index (χ2n) is 7.21. The highest BCUT2D eigenvalue weighted by atomic mass is 79.9. The first-order valence-electron chi connectivity index (χ1n) is 9.55. The van der Waals surface area contributed by atoms with Gasteiger partial charge in [0.1, 0.15) is 0 Å². The molecule has 0 aliphatic rings. The maximum atomic E-state index is 12.4. The minimum absolute atomic E-state index is 0.0582. The van der Waals surface area contributed by atoms with Gasteiger partial charge in [0.15, 0.2) is 0 Å². The number of hydrogen-bond donors (Lipinski definition) is 1. The van der Waals surface area contributed by atoms with E-state index in [1.54, 1.807) is 6.07 Å². The highest BCUT2D eigenvalue weighted by Gasteiger charge is 2.09. The van der Waals surface area contributed by atoms with Crippen molar-refractivity contribution in [3.8, 4) is 11.3 Å². The van der Waals surface area contributed by atoms with E-state index in [1.807, 2.05) is 45.0 Å². The van der Waals surface area contributed by atoms with Crippen LogP contribution >= 0.6 is 15.9 Å². The number of nitrogens with one attached hydrogen (secondary N) is 1. The molecule has 0 saturated heterocycles. The lowest BCUT2D eigenvalue weighted by atomic mass is 10.0. The number of aryl methyl sites for hydroxylation is 4. The Labute approximate surface area is 178 Å². The van der Waals surface area contributed by atoms with Gasteiger partial charge < -0.3 is 5.32 Å². The van der Waals surface area contributed by atoms with E-state index < -0.39 is 0 Å². The molecule has 0 saturated carbocycles. The molecule has 0 atom stereocenters. The average molecular weight is 454 g/mol. The summed E-state index contributed by atoms with van der Waals surface area (Å²) in [5, 5.41) is 7.45. The predicted octanol–water partition coefficient (Wildman–Crippen LogP) is 5.02. The molecule has 0 unspecified atom stereocenters. The van der Waals surface area contributed by atoms with Gasteiger partial charge in [-0.05, 0) is 56.5 Å². The minimum Gasteiger partial charge on any atom is -0.326 e. The zero-order valence-corrected chi connectivity index (χ0v) is 18.4. The van der Waals surface area contributed by atoms with Crippen LogP contribution in [0.4, 0.5) is 5.69 Å². The van der Waals surface area contributed by atoms with Crippen molar-refractivity contribution in [1.29, 1.82) is 0 Å². The van der Waals surface area contributed by atoms with E-state index in [-0.39, 0.29) is 11.5 Å². The maximum absolute atomic E-state index is 12.4. The molecular formula is C23H24BrN3O2. The summed E-state index contributed by atoms with van der Waals surface area (Å²) in [5.41, 5.74) is 5.64. The van der Waals surface area contributed by atoms with Gasteiger partial charge in [0.05, 0.1) is 5.69 Å². The Hall–Kier alpha value is -2.73. The fourth-order valence-corrected chi connectivity index (χ4v) is 3.62. The fraction of sp³-hybridized carbons (Fsp3) is 0.261. The number of benzene rings is 2. The van der Waals surface area contributed by atoms with Crippen LogP contribution in [0, 0.1) is 20.8 Å². The summed E-state index contributed by atoms with van der Waals surface area (Å²) in [6, 6.07) is 15.1. The Balaban J connectivity index is 1.63. The van der Waals surface area contributed by atoms with Crippen molar-refractivity contribution in [2.24, 2.45) is 0 Å². The molecule has 2 aromatic carbocycles. The van der Waals surface area contributed by atoms with Crippen LogP contribution in [-0.4, -0.2) is 15.7 Å². The summed E-state index contributed by atoms with van der Waals surface area (Å²) >= 11 is 3.41. The standard InChI is InChI=1S/C23H24BrN3O2/c1-15-13-16(2)23(17(3)14-15)25-21(28)5-4-12-27-22(29)11-10-20(26-27)18-6-8-19(24)9-7-18/h6-11,13-14H,4-5,12H2,1-3H3,(H,25,28). The van der Waals surface area contributed by atoms with Gasteiger partial charge in [0.2, 0.25) is 5.91 Å². The Morgan fingerprint density at radius 3 is 2.34 bits per heavy atom. The quantitative estimate of drug-likeness (QED) is 0.569. The third kappa shape index (κ3) is 5.41. The van der Waals surface area contributed by atoms with E-state index in [2.05, 4.69) is 38.5 Å². The topological polar surface area (TPSA) is 64.0 Å². The van der Waals surface area contributed by atoms with Crippen LogP contribution in [0.5, 0.6) is 0 Å². The van der Waals surface area contributed by atoms with Crippen LogP contribution in [-0.2, 0) is 11.3 Å². The first kappa shape index (κ1) is 21.0. The summed E-state index contributed by atoms with van der Waals surface area (Å²) < 4.78 is 2.41. The number of anilines is 1. The van der Waals surface area contributed by atoms with Crippen molar-refractivity contribution in [3.05, 3.63) is 80.0 Å². The number of amides is 1. The van der Waals surface area contributed by atoms with Crippen LogP contribution in [0.2, 0.25) is 0 Å². The minimum atomic E-state index is -0.170. The number of nitrogens with zero attached hydrogens (tertiary/aromatic N) is 2. The lowest BCUT2D eigenvalue weighted by Gasteiger charge is -2.13. The van der Waals surface area contributed by atoms with Gasteiger partial charge in [-0.15, -0.1) is 0 Å². The molecule has 1 amide bonds. The zero-order chi connectivity index (χ0) is 21.0. The maximum Gasteiger partial charge on any atom is 0.266 e. The molecule has 0 aliphatic heterocycles. The Morgan fingerprint density at radius 1 is 1.03 bits per heavy atom. The predicted molar refractivity (Wildman–Crippen MR) is 120 cm³/mol. The lowest BCUT2D eigenvalue weighted by molar-refractivity contribution is -0.116. The summed E-state index contributed by atoms with van der Waals surface area (Å²) in [4.78, 5) is 24.5. The number of aromatic nitrogens is 2. The molecule has 6 heteroatoms. The van der Waals surface area contributed by atoms with E-state index in [0.717, 1.165) is 32.5 Å². The number of halogens is 1. The highest BCUT2D eigenvalue weighted by molar-refractivity contribution is 9.10. The Bertz CT molecular complexity index is 1070. The molecule has 0 aliphatic carbocycles. The number of hydrogen-bond acceptors (Lipinski definition) is 3.